The SMILES string of the molecule is CCCCCCCOC(=O)c1c(C(=O)c2ccccc2)c(O)c(O)c(OC(=O)c2ccccc2)c1C(=O)c1ccc([N+](=O)[O-])cc1. The fourth-order valence-corrected chi connectivity index (χ4v) is 4.72. The van der Waals surface area contributed by atoms with E-state index in [1.54, 1.807) is 24.3 Å². The Kier molecular flexibility index (Phi) is 11.0. The Hall–Kier alpha value is -5.84. The van der Waals surface area contributed by atoms with E-state index in [4.69, 9.17) is 9.47 Å². The van der Waals surface area contributed by atoms with Gasteiger partial charge in [-0.15, -0.1) is 0 Å². The molecule has 236 valence electrons. The van der Waals surface area contributed by atoms with Gasteiger partial charge in [0.25, 0.3) is 5.69 Å². The molecule has 0 bridgehead atoms. The smallest absolute Gasteiger partial charge is 0.343 e. The summed E-state index contributed by atoms with van der Waals surface area (Å²) in [4.78, 5) is 65.5. The van der Waals surface area contributed by atoms with E-state index < -0.39 is 62.4 Å². The number of nitrogens with zero attached hydrogens (tertiary/aromatic N) is 1. The summed E-state index contributed by atoms with van der Waals surface area (Å²) in [6.45, 7) is 1.96. The number of esters is 2. The molecule has 4 rings (SSSR count). The van der Waals surface area contributed by atoms with Crippen molar-refractivity contribution in [2.45, 2.75) is 39.0 Å². The number of hydrogen-bond donors (Lipinski definition) is 2. The van der Waals surface area contributed by atoms with Gasteiger partial charge in [-0.25, -0.2) is 9.59 Å². The molecule has 0 aliphatic carbocycles. The predicted octanol–water partition coefficient (Wildman–Crippen LogP) is 6.81. The maximum absolute atomic E-state index is 14.1. The van der Waals surface area contributed by atoms with Gasteiger partial charge < -0.3 is 19.7 Å². The van der Waals surface area contributed by atoms with Gasteiger partial charge in [-0.1, -0.05) is 81.1 Å². The number of unbranched alkanes of at least 4 members (excludes halogenated alkanes) is 4. The Morgan fingerprint density at radius 2 is 1.20 bits per heavy atom. The maximum atomic E-state index is 14.1. The number of nitro groups is 1. The largest absolute Gasteiger partial charge is 0.504 e. The molecule has 4 aromatic carbocycles. The van der Waals surface area contributed by atoms with Crippen LogP contribution in [0, 0.1) is 10.1 Å². The van der Waals surface area contributed by atoms with Gasteiger partial charge in [-0.2, -0.15) is 0 Å². The monoisotopic (exact) mass is 625 g/mol. The van der Waals surface area contributed by atoms with Crippen LogP contribution in [0.4, 0.5) is 5.69 Å². The molecule has 0 fully saturated rings. The molecule has 0 aromatic heterocycles. The van der Waals surface area contributed by atoms with Crippen LogP contribution >= 0.6 is 0 Å². The third-order valence-corrected chi connectivity index (χ3v) is 7.12. The lowest BCUT2D eigenvalue weighted by atomic mass is 9.88. The fraction of sp³-hybridized carbons (Fsp3) is 0.200. The lowest BCUT2D eigenvalue weighted by Gasteiger charge is -2.20. The van der Waals surface area contributed by atoms with Gasteiger partial charge in [-0.3, -0.25) is 19.7 Å². The van der Waals surface area contributed by atoms with Crippen molar-refractivity contribution in [2.24, 2.45) is 0 Å². The van der Waals surface area contributed by atoms with E-state index in [0.717, 1.165) is 49.9 Å². The number of nitro benzene ring substituents is 1. The van der Waals surface area contributed by atoms with E-state index in [1.807, 2.05) is 6.92 Å². The number of phenols is 2. The standard InChI is InChI=1S/C35H31NO10/c1-2-3-4-5-12-21-45-35(42)26-27(29(37)22-13-8-6-9-14-22)31(39)32(40)33(46-34(41)24-15-10-7-11-16-24)28(26)30(38)23-17-19-25(20-18-23)36(43)44/h6-11,13-20,39-40H,2-5,12,21H2,1H3. The Balaban J connectivity index is 1.95. The highest BCUT2D eigenvalue weighted by Gasteiger charge is 2.37. The minimum Gasteiger partial charge on any atom is -0.504 e. The van der Waals surface area contributed by atoms with Crippen molar-refractivity contribution in [3.63, 3.8) is 0 Å². The molecule has 0 heterocycles. The summed E-state index contributed by atoms with van der Waals surface area (Å²) in [6.07, 6.45) is 4.09. The Labute approximate surface area is 264 Å². The highest BCUT2D eigenvalue weighted by molar-refractivity contribution is 6.24. The van der Waals surface area contributed by atoms with Gasteiger partial charge in [0.15, 0.2) is 23.1 Å². The summed E-state index contributed by atoms with van der Waals surface area (Å²) in [7, 11) is 0. The Morgan fingerprint density at radius 1 is 0.652 bits per heavy atom. The maximum Gasteiger partial charge on any atom is 0.343 e. The van der Waals surface area contributed by atoms with Gasteiger partial charge in [0.2, 0.25) is 5.75 Å². The Morgan fingerprint density at radius 3 is 1.78 bits per heavy atom. The fourth-order valence-electron chi connectivity index (χ4n) is 4.72. The predicted molar refractivity (Wildman–Crippen MR) is 167 cm³/mol. The van der Waals surface area contributed by atoms with Crippen molar-refractivity contribution in [1.82, 2.24) is 0 Å². The minimum atomic E-state index is -1.19. The molecule has 11 heteroatoms. The van der Waals surface area contributed by atoms with Crippen LogP contribution in [0.1, 0.15) is 91.6 Å². The molecule has 0 aliphatic rings. The lowest BCUT2D eigenvalue weighted by molar-refractivity contribution is -0.384. The zero-order chi connectivity index (χ0) is 33.2. The van der Waals surface area contributed by atoms with E-state index >= 15 is 0 Å². The molecule has 46 heavy (non-hydrogen) atoms. The first-order valence-corrected chi connectivity index (χ1v) is 14.6. The minimum absolute atomic E-state index is 0.00795. The van der Waals surface area contributed by atoms with Crippen LogP contribution in [-0.2, 0) is 4.74 Å². The van der Waals surface area contributed by atoms with E-state index in [-0.39, 0.29) is 29.0 Å². The third-order valence-electron chi connectivity index (χ3n) is 7.12. The number of aromatic hydroxyl groups is 2. The molecule has 0 saturated heterocycles. The molecule has 0 amide bonds. The Bertz CT molecular complexity index is 1750. The number of non-ortho nitro benzene ring substituents is 1. The molecule has 0 saturated carbocycles. The van der Waals surface area contributed by atoms with Crippen LogP contribution in [0.2, 0.25) is 0 Å². The average molecular weight is 626 g/mol. The number of ether oxygens (including phenoxy) is 2. The number of carbonyl (C=O) groups excluding carboxylic acids is 4. The molecule has 0 radical (unpaired) electrons. The topological polar surface area (TPSA) is 170 Å². The third kappa shape index (κ3) is 7.44. The summed E-state index contributed by atoms with van der Waals surface area (Å²) >= 11 is 0. The van der Waals surface area contributed by atoms with E-state index in [0.29, 0.717) is 6.42 Å². The van der Waals surface area contributed by atoms with Crippen LogP contribution in [-0.4, -0.2) is 45.2 Å². The second kappa shape index (κ2) is 15.2. The number of carbonyl (C=O) groups is 4. The van der Waals surface area contributed by atoms with E-state index in [2.05, 4.69) is 0 Å². The molecule has 0 spiro atoms. The van der Waals surface area contributed by atoms with Crippen LogP contribution in [0.5, 0.6) is 17.2 Å². The number of ketones is 2. The summed E-state index contributed by atoms with van der Waals surface area (Å²) < 4.78 is 10.9. The van der Waals surface area contributed by atoms with Gasteiger partial charge in [0.05, 0.1) is 33.8 Å². The van der Waals surface area contributed by atoms with Crippen molar-refractivity contribution in [3.8, 4) is 17.2 Å². The van der Waals surface area contributed by atoms with Gasteiger partial charge in [0, 0.05) is 23.3 Å². The lowest BCUT2D eigenvalue weighted by Crippen LogP contribution is -2.22. The van der Waals surface area contributed by atoms with Gasteiger partial charge >= 0.3 is 11.9 Å². The first kappa shape index (κ1) is 33.1. The first-order chi connectivity index (χ1) is 22.1. The summed E-state index contributed by atoms with van der Waals surface area (Å²) in [5, 5.41) is 33.6. The zero-order valence-corrected chi connectivity index (χ0v) is 24.9. The van der Waals surface area contributed by atoms with Gasteiger partial charge in [0.1, 0.15) is 0 Å². The molecule has 2 N–H and O–H groups in total. The quantitative estimate of drug-likeness (QED) is 0.0288. The number of hydrogen-bond acceptors (Lipinski definition) is 10. The normalized spacial score (nSPS) is 10.6. The highest BCUT2D eigenvalue weighted by atomic mass is 16.6. The average Bonchev–Trinajstić information content (AvgIpc) is 3.08. The number of rotatable bonds is 14. The van der Waals surface area contributed by atoms with Crippen molar-refractivity contribution >= 4 is 29.2 Å². The van der Waals surface area contributed by atoms with Gasteiger partial charge in [-0.05, 0) is 30.7 Å². The molecular weight excluding hydrogens is 594 g/mol. The number of phenolic OH excluding ortho intramolecular Hbond substituents is 2. The van der Waals surface area contributed by atoms with Crippen molar-refractivity contribution in [2.75, 3.05) is 6.61 Å². The number of benzene rings is 4. The first-order valence-electron chi connectivity index (χ1n) is 14.6. The van der Waals surface area contributed by atoms with Crippen molar-refractivity contribution in [3.05, 3.63) is 128 Å². The van der Waals surface area contributed by atoms with Crippen molar-refractivity contribution in [1.29, 1.82) is 0 Å². The highest BCUT2D eigenvalue weighted by Crippen LogP contribution is 2.46. The van der Waals surface area contributed by atoms with E-state index in [1.165, 1.54) is 36.4 Å². The summed E-state index contributed by atoms with van der Waals surface area (Å²) in [5.74, 6) is -7.36. The van der Waals surface area contributed by atoms with E-state index in [9.17, 15) is 39.5 Å². The second-order valence-electron chi connectivity index (χ2n) is 10.3. The molecule has 0 aliphatic heterocycles. The molecule has 4 aromatic rings. The second-order valence-corrected chi connectivity index (χ2v) is 10.3. The molecule has 0 atom stereocenters. The molecular formula is C35H31NO10. The summed E-state index contributed by atoms with van der Waals surface area (Å²) in [5.41, 5.74) is -2.75. The van der Waals surface area contributed by atoms with Crippen LogP contribution < -0.4 is 4.74 Å². The summed E-state index contributed by atoms with van der Waals surface area (Å²) in [6, 6.07) is 19.4. The molecule has 11 nitrogen and oxygen atoms in total. The van der Waals surface area contributed by atoms with Crippen LogP contribution in [0.25, 0.3) is 0 Å². The van der Waals surface area contributed by atoms with Crippen LogP contribution in [0.3, 0.4) is 0 Å². The zero-order valence-electron chi connectivity index (χ0n) is 24.9. The van der Waals surface area contributed by atoms with Crippen LogP contribution in [0.15, 0.2) is 84.9 Å². The van der Waals surface area contributed by atoms with Crippen molar-refractivity contribution < 1.29 is 43.8 Å². The molecule has 0 unspecified atom stereocenters.